The summed E-state index contributed by atoms with van der Waals surface area (Å²) in [6.07, 6.45) is 4.78. The number of hydrogen-bond donors (Lipinski definition) is 2. The third-order valence-corrected chi connectivity index (χ3v) is 2.67. The summed E-state index contributed by atoms with van der Waals surface area (Å²) >= 11 is 0. The SMILES string of the molecule is O=C(Nc1ccccc1)Nc1cc(-n2cccn2)ncn1. The van der Waals surface area contributed by atoms with Gasteiger partial charge in [-0.3, -0.25) is 5.32 Å². The van der Waals surface area contributed by atoms with Gasteiger partial charge in [0.1, 0.15) is 12.1 Å². The van der Waals surface area contributed by atoms with E-state index in [1.165, 1.54) is 6.33 Å². The molecule has 0 saturated carbocycles. The highest BCUT2D eigenvalue weighted by atomic mass is 16.2. The van der Waals surface area contributed by atoms with E-state index in [2.05, 4.69) is 25.7 Å². The Bertz CT molecular complexity index is 726. The summed E-state index contributed by atoms with van der Waals surface area (Å²) in [5, 5.41) is 9.43. The number of hydrogen-bond acceptors (Lipinski definition) is 4. The lowest BCUT2D eigenvalue weighted by Gasteiger charge is -2.07. The number of benzene rings is 1. The average Bonchev–Trinajstić information content (AvgIpc) is 3.02. The van der Waals surface area contributed by atoms with Crippen LogP contribution < -0.4 is 10.6 Å². The van der Waals surface area contributed by atoms with Gasteiger partial charge in [0.15, 0.2) is 5.82 Å². The lowest BCUT2D eigenvalue weighted by molar-refractivity contribution is 0.262. The number of urea groups is 1. The van der Waals surface area contributed by atoms with Crippen LogP contribution in [0.5, 0.6) is 0 Å². The highest BCUT2D eigenvalue weighted by Crippen LogP contribution is 2.09. The van der Waals surface area contributed by atoms with Crippen LogP contribution in [0.4, 0.5) is 16.3 Å². The number of nitrogens with one attached hydrogen (secondary N) is 2. The molecule has 3 aromatic rings. The highest BCUT2D eigenvalue weighted by molar-refractivity contribution is 5.99. The van der Waals surface area contributed by atoms with Gasteiger partial charge >= 0.3 is 6.03 Å². The van der Waals surface area contributed by atoms with Gasteiger partial charge in [-0.15, -0.1) is 0 Å². The Morgan fingerprint density at radius 2 is 1.90 bits per heavy atom. The molecule has 7 heteroatoms. The van der Waals surface area contributed by atoms with Gasteiger partial charge in [0, 0.05) is 24.1 Å². The largest absolute Gasteiger partial charge is 0.324 e. The number of carbonyl (C=O) groups is 1. The molecule has 0 unspecified atom stereocenters. The molecule has 0 spiro atoms. The van der Waals surface area contributed by atoms with E-state index in [9.17, 15) is 4.79 Å². The van der Waals surface area contributed by atoms with Crippen molar-refractivity contribution in [3.05, 3.63) is 61.2 Å². The zero-order valence-corrected chi connectivity index (χ0v) is 11.0. The van der Waals surface area contributed by atoms with Gasteiger partial charge in [-0.05, 0) is 18.2 Å². The molecule has 3 rings (SSSR count). The van der Waals surface area contributed by atoms with Crippen LogP contribution in [0.25, 0.3) is 5.82 Å². The van der Waals surface area contributed by atoms with Crippen molar-refractivity contribution in [1.29, 1.82) is 0 Å². The number of rotatable bonds is 3. The van der Waals surface area contributed by atoms with Crippen molar-refractivity contribution in [2.75, 3.05) is 10.6 Å². The number of anilines is 2. The van der Waals surface area contributed by atoms with E-state index in [4.69, 9.17) is 0 Å². The van der Waals surface area contributed by atoms with Gasteiger partial charge in [0.2, 0.25) is 0 Å². The highest BCUT2D eigenvalue weighted by Gasteiger charge is 2.05. The second-order valence-electron chi connectivity index (χ2n) is 4.16. The van der Waals surface area contributed by atoms with Crippen molar-refractivity contribution in [2.45, 2.75) is 0 Å². The maximum absolute atomic E-state index is 11.9. The summed E-state index contributed by atoms with van der Waals surface area (Å²) in [4.78, 5) is 20.0. The molecule has 2 amide bonds. The van der Waals surface area contributed by atoms with E-state index < -0.39 is 0 Å². The van der Waals surface area contributed by atoms with Crippen LogP contribution in [0.1, 0.15) is 0 Å². The first-order chi connectivity index (χ1) is 10.3. The zero-order valence-electron chi connectivity index (χ0n) is 11.0. The van der Waals surface area contributed by atoms with Gasteiger partial charge in [-0.2, -0.15) is 5.10 Å². The first-order valence-electron chi connectivity index (χ1n) is 6.26. The number of nitrogens with zero attached hydrogens (tertiary/aromatic N) is 4. The molecule has 0 bridgehead atoms. The minimum absolute atomic E-state index is 0.369. The Hall–Kier alpha value is -3.22. The van der Waals surface area contributed by atoms with Crippen molar-refractivity contribution in [1.82, 2.24) is 19.7 Å². The normalized spacial score (nSPS) is 10.1. The van der Waals surface area contributed by atoms with Crippen LogP contribution in [-0.4, -0.2) is 25.8 Å². The fraction of sp³-hybridized carbons (Fsp3) is 0. The average molecular weight is 280 g/mol. The standard InChI is InChI=1S/C14H12N6O/c21-14(18-11-5-2-1-3-6-11)19-12-9-13(16-10-15-12)20-8-4-7-17-20/h1-10H,(H2,15,16,18,19,21). The summed E-state index contributed by atoms with van der Waals surface area (Å²) in [7, 11) is 0. The van der Waals surface area contributed by atoms with Crippen LogP contribution >= 0.6 is 0 Å². The van der Waals surface area contributed by atoms with E-state index in [1.807, 2.05) is 18.2 Å². The zero-order chi connectivity index (χ0) is 14.5. The summed E-state index contributed by atoms with van der Waals surface area (Å²) in [5.41, 5.74) is 0.705. The molecule has 0 atom stereocenters. The van der Waals surface area contributed by atoms with Crippen molar-refractivity contribution in [3.8, 4) is 5.82 Å². The van der Waals surface area contributed by atoms with Crippen LogP contribution in [0, 0.1) is 0 Å². The lowest BCUT2D eigenvalue weighted by Crippen LogP contribution is -2.20. The molecule has 104 valence electrons. The Kier molecular flexibility index (Phi) is 3.55. The maximum Gasteiger partial charge on any atom is 0.324 e. The predicted molar refractivity (Wildman–Crippen MR) is 78.2 cm³/mol. The molecule has 0 aliphatic heterocycles. The third kappa shape index (κ3) is 3.21. The number of para-hydroxylation sites is 1. The number of carbonyl (C=O) groups excluding carboxylic acids is 1. The summed E-state index contributed by atoms with van der Waals surface area (Å²) in [6, 6.07) is 12.2. The predicted octanol–water partition coefficient (Wildman–Crippen LogP) is 2.31. The summed E-state index contributed by atoms with van der Waals surface area (Å²) in [5.74, 6) is 0.967. The third-order valence-electron chi connectivity index (χ3n) is 2.67. The molecule has 0 fully saturated rings. The molecule has 0 aliphatic carbocycles. The molecule has 1 aromatic carbocycles. The Balaban J connectivity index is 1.70. The van der Waals surface area contributed by atoms with E-state index in [0.29, 0.717) is 17.3 Å². The van der Waals surface area contributed by atoms with E-state index in [1.54, 1.807) is 41.3 Å². The fourth-order valence-corrected chi connectivity index (χ4v) is 1.75. The molecular formula is C14H12N6O. The molecule has 2 aromatic heterocycles. The maximum atomic E-state index is 11.9. The van der Waals surface area contributed by atoms with Crippen LogP contribution in [-0.2, 0) is 0 Å². The number of amides is 2. The summed E-state index contributed by atoms with van der Waals surface area (Å²) in [6.45, 7) is 0. The first-order valence-corrected chi connectivity index (χ1v) is 6.26. The molecule has 0 saturated heterocycles. The first kappa shape index (κ1) is 12.8. The van der Waals surface area contributed by atoms with E-state index >= 15 is 0 Å². The lowest BCUT2D eigenvalue weighted by atomic mass is 10.3. The van der Waals surface area contributed by atoms with Crippen LogP contribution in [0.2, 0.25) is 0 Å². The second-order valence-corrected chi connectivity index (χ2v) is 4.16. The Labute approximate surface area is 120 Å². The Morgan fingerprint density at radius 1 is 1.05 bits per heavy atom. The quantitative estimate of drug-likeness (QED) is 0.771. The molecular weight excluding hydrogens is 268 g/mol. The van der Waals surface area contributed by atoms with Gasteiger partial charge in [0.25, 0.3) is 0 Å². The molecule has 0 aliphatic rings. The van der Waals surface area contributed by atoms with Gasteiger partial charge in [-0.25, -0.2) is 19.4 Å². The minimum atomic E-state index is -0.369. The van der Waals surface area contributed by atoms with Crippen molar-refractivity contribution >= 4 is 17.5 Å². The summed E-state index contributed by atoms with van der Waals surface area (Å²) < 4.78 is 1.59. The molecule has 7 nitrogen and oxygen atoms in total. The minimum Gasteiger partial charge on any atom is -0.308 e. The molecule has 0 radical (unpaired) electrons. The fourth-order valence-electron chi connectivity index (χ4n) is 1.75. The Morgan fingerprint density at radius 3 is 2.67 bits per heavy atom. The van der Waals surface area contributed by atoms with Gasteiger partial charge in [0.05, 0.1) is 0 Å². The van der Waals surface area contributed by atoms with Crippen LogP contribution in [0.15, 0.2) is 61.2 Å². The molecule has 21 heavy (non-hydrogen) atoms. The molecule has 2 N–H and O–H groups in total. The van der Waals surface area contributed by atoms with Gasteiger partial charge in [-0.1, -0.05) is 18.2 Å². The van der Waals surface area contributed by atoms with E-state index in [0.717, 1.165) is 0 Å². The second kappa shape index (κ2) is 5.83. The topological polar surface area (TPSA) is 84.7 Å². The van der Waals surface area contributed by atoms with E-state index in [-0.39, 0.29) is 6.03 Å². The smallest absolute Gasteiger partial charge is 0.308 e. The van der Waals surface area contributed by atoms with Gasteiger partial charge < -0.3 is 5.32 Å². The molecule has 2 heterocycles. The monoisotopic (exact) mass is 280 g/mol. The van der Waals surface area contributed by atoms with Crippen molar-refractivity contribution in [2.24, 2.45) is 0 Å². The number of aromatic nitrogens is 4. The van der Waals surface area contributed by atoms with Crippen LogP contribution in [0.3, 0.4) is 0 Å². The van der Waals surface area contributed by atoms with Crippen molar-refractivity contribution in [3.63, 3.8) is 0 Å². The van der Waals surface area contributed by atoms with Crippen molar-refractivity contribution < 1.29 is 4.79 Å².